The first-order chi connectivity index (χ1) is 13.0. The molecule has 4 nitrogen and oxygen atoms in total. The Hall–Kier alpha value is -2.46. The van der Waals surface area contributed by atoms with E-state index in [1.165, 1.54) is 17.5 Å². The van der Waals surface area contributed by atoms with Crippen molar-refractivity contribution in [2.45, 2.75) is 38.6 Å². The highest BCUT2D eigenvalue weighted by atomic mass is 16.5. The molecule has 1 heterocycles. The monoisotopic (exact) mass is 361 g/mol. The van der Waals surface area contributed by atoms with Crippen LogP contribution in [0.15, 0.2) is 65.2 Å². The van der Waals surface area contributed by atoms with E-state index in [9.17, 15) is 0 Å². The van der Waals surface area contributed by atoms with Crippen molar-refractivity contribution < 1.29 is 4.52 Å². The van der Waals surface area contributed by atoms with Gasteiger partial charge in [0.1, 0.15) is 0 Å². The number of likely N-dealkylation sites (N-methyl/N-ethyl adjacent to an activating group) is 1. The lowest BCUT2D eigenvalue weighted by Crippen LogP contribution is -2.32. The summed E-state index contributed by atoms with van der Waals surface area (Å²) in [5.41, 5.74) is 3.14. The van der Waals surface area contributed by atoms with Crippen molar-refractivity contribution in [3.05, 3.63) is 83.5 Å². The molecule has 1 aromatic heterocycles. The minimum Gasteiger partial charge on any atom is -0.338 e. The van der Waals surface area contributed by atoms with E-state index in [4.69, 9.17) is 4.52 Å². The third kappa shape index (κ3) is 3.67. The molecule has 140 valence electrons. The van der Waals surface area contributed by atoms with Crippen molar-refractivity contribution in [1.29, 1.82) is 0 Å². The summed E-state index contributed by atoms with van der Waals surface area (Å²) in [5.74, 6) is 1.43. The van der Waals surface area contributed by atoms with E-state index >= 15 is 0 Å². The minimum absolute atomic E-state index is 0.204. The van der Waals surface area contributed by atoms with E-state index in [0.717, 1.165) is 12.4 Å². The van der Waals surface area contributed by atoms with Gasteiger partial charge in [-0.2, -0.15) is 4.98 Å². The number of aromatic nitrogens is 2. The maximum absolute atomic E-state index is 5.50. The smallest absolute Gasteiger partial charge is 0.240 e. The van der Waals surface area contributed by atoms with Crippen molar-refractivity contribution in [2.75, 3.05) is 13.6 Å². The fourth-order valence-corrected chi connectivity index (χ4v) is 4.27. The zero-order valence-electron chi connectivity index (χ0n) is 16.4. The average Bonchev–Trinajstić information content (AvgIpc) is 2.98. The summed E-state index contributed by atoms with van der Waals surface area (Å²) in [6.07, 6.45) is 1.91. The molecule has 2 aromatic carbocycles. The van der Waals surface area contributed by atoms with E-state index in [0.29, 0.717) is 24.3 Å². The molecular weight excluding hydrogens is 334 g/mol. The van der Waals surface area contributed by atoms with Gasteiger partial charge in [0.05, 0.1) is 6.54 Å². The van der Waals surface area contributed by atoms with Crippen LogP contribution in [-0.4, -0.2) is 28.6 Å². The Labute approximate surface area is 161 Å². The Morgan fingerprint density at radius 3 is 2.26 bits per heavy atom. The second-order valence-corrected chi connectivity index (χ2v) is 8.45. The van der Waals surface area contributed by atoms with Crippen molar-refractivity contribution in [3.8, 4) is 0 Å². The number of rotatable bonds is 7. The van der Waals surface area contributed by atoms with Gasteiger partial charge in [-0.25, -0.2) is 0 Å². The third-order valence-corrected chi connectivity index (χ3v) is 5.90. The predicted octanol–water partition coefficient (Wildman–Crippen LogP) is 4.46. The van der Waals surface area contributed by atoms with Crippen molar-refractivity contribution in [3.63, 3.8) is 0 Å². The predicted molar refractivity (Wildman–Crippen MR) is 106 cm³/mol. The van der Waals surface area contributed by atoms with Crippen LogP contribution >= 0.6 is 0 Å². The first-order valence-corrected chi connectivity index (χ1v) is 9.58. The van der Waals surface area contributed by atoms with Gasteiger partial charge in [0.2, 0.25) is 5.89 Å². The molecule has 1 aliphatic carbocycles. The highest BCUT2D eigenvalue weighted by molar-refractivity contribution is 5.37. The van der Waals surface area contributed by atoms with Gasteiger partial charge < -0.3 is 4.52 Å². The van der Waals surface area contributed by atoms with Crippen molar-refractivity contribution in [2.24, 2.45) is 5.41 Å². The van der Waals surface area contributed by atoms with E-state index in [-0.39, 0.29) is 5.41 Å². The van der Waals surface area contributed by atoms with Gasteiger partial charge in [0, 0.05) is 18.4 Å². The van der Waals surface area contributed by atoms with Crippen molar-refractivity contribution in [1.82, 2.24) is 15.0 Å². The molecule has 0 radical (unpaired) electrons. The lowest BCUT2D eigenvalue weighted by molar-refractivity contribution is 0.234. The molecule has 0 saturated heterocycles. The van der Waals surface area contributed by atoms with Gasteiger partial charge in [0.25, 0.3) is 0 Å². The lowest BCUT2D eigenvalue weighted by atomic mass is 9.87. The molecule has 3 aromatic rings. The maximum atomic E-state index is 5.50. The Balaban J connectivity index is 1.42. The summed E-state index contributed by atoms with van der Waals surface area (Å²) in [5, 5.41) is 4.15. The summed E-state index contributed by atoms with van der Waals surface area (Å²) in [6.45, 7) is 6.38. The third-order valence-electron chi connectivity index (χ3n) is 5.90. The second-order valence-electron chi connectivity index (χ2n) is 8.45. The number of benzene rings is 2. The molecule has 0 spiro atoms. The quantitative estimate of drug-likeness (QED) is 0.623. The number of hydrogen-bond donors (Lipinski definition) is 0. The van der Waals surface area contributed by atoms with Crippen molar-refractivity contribution >= 4 is 0 Å². The van der Waals surface area contributed by atoms with E-state index in [1.807, 2.05) is 18.2 Å². The second kappa shape index (κ2) is 6.93. The molecule has 1 fully saturated rings. The molecule has 4 heteroatoms. The lowest BCUT2D eigenvalue weighted by Gasteiger charge is -2.26. The molecular formula is C23H27N3O. The molecule has 4 rings (SSSR count). The van der Waals surface area contributed by atoms with Gasteiger partial charge in [-0.15, -0.1) is 0 Å². The molecule has 0 bridgehead atoms. The van der Waals surface area contributed by atoms with Crippen LogP contribution in [-0.2, 0) is 18.4 Å². The molecule has 0 aliphatic heterocycles. The standard InChI is InChI=1S/C23H27N3O/c1-22(2)16-23(22,19-12-8-5-9-13-19)17-26(3)15-21-24-20(25-27-21)14-18-10-6-4-7-11-18/h4-13H,14-17H2,1-3H3/t23-/m0/s1. The van der Waals surface area contributed by atoms with E-state index in [2.05, 4.69) is 78.4 Å². The summed E-state index contributed by atoms with van der Waals surface area (Å²) in [7, 11) is 2.14. The summed E-state index contributed by atoms with van der Waals surface area (Å²) < 4.78 is 5.50. The molecule has 1 saturated carbocycles. The minimum atomic E-state index is 0.204. The molecule has 1 aliphatic rings. The zero-order valence-corrected chi connectivity index (χ0v) is 16.4. The molecule has 0 amide bonds. The molecule has 0 unspecified atom stereocenters. The van der Waals surface area contributed by atoms with Crippen LogP contribution in [0.3, 0.4) is 0 Å². The topological polar surface area (TPSA) is 42.2 Å². The Bertz CT molecular complexity index is 888. The average molecular weight is 361 g/mol. The number of nitrogens with zero attached hydrogens (tertiary/aromatic N) is 3. The van der Waals surface area contributed by atoms with Gasteiger partial charge in [-0.3, -0.25) is 4.90 Å². The zero-order chi connectivity index (χ0) is 18.9. The Morgan fingerprint density at radius 1 is 1.00 bits per heavy atom. The SMILES string of the molecule is CN(Cc1nc(Cc2ccccc2)no1)C[C@]1(c2ccccc2)CC1(C)C. The van der Waals surface area contributed by atoms with Gasteiger partial charge in [-0.1, -0.05) is 79.7 Å². The Kier molecular flexibility index (Phi) is 4.60. The first-order valence-electron chi connectivity index (χ1n) is 9.58. The fourth-order valence-electron chi connectivity index (χ4n) is 4.27. The van der Waals surface area contributed by atoms with Gasteiger partial charge in [-0.05, 0) is 30.0 Å². The highest BCUT2D eigenvalue weighted by Crippen LogP contribution is 2.64. The number of hydrogen-bond acceptors (Lipinski definition) is 4. The van der Waals surface area contributed by atoms with Crippen LogP contribution in [0.25, 0.3) is 0 Å². The summed E-state index contributed by atoms with van der Waals surface area (Å²) >= 11 is 0. The van der Waals surface area contributed by atoms with Crippen LogP contribution in [0, 0.1) is 5.41 Å². The van der Waals surface area contributed by atoms with Crippen LogP contribution < -0.4 is 0 Å². The highest BCUT2D eigenvalue weighted by Gasteiger charge is 2.61. The van der Waals surface area contributed by atoms with Crippen LogP contribution in [0.1, 0.15) is 43.1 Å². The maximum Gasteiger partial charge on any atom is 0.240 e. The van der Waals surface area contributed by atoms with Crippen LogP contribution in [0.4, 0.5) is 0 Å². The molecule has 27 heavy (non-hydrogen) atoms. The summed E-state index contributed by atoms with van der Waals surface area (Å²) in [6, 6.07) is 21.1. The first kappa shape index (κ1) is 17.9. The van der Waals surface area contributed by atoms with Crippen LogP contribution in [0.5, 0.6) is 0 Å². The molecule has 1 atom stereocenters. The summed E-state index contributed by atoms with van der Waals surface area (Å²) in [4.78, 5) is 6.89. The Morgan fingerprint density at radius 2 is 1.63 bits per heavy atom. The fraction of sp³-hybridized carbons (Fsp3) is 0.391. The van der Waals surface area contributed by atoms with E-state index in [1.54, 1.807) is 0 Å². The van der Waals surface area contributed by atoms with Gasteiger partial charge in [0.15, 0.2) is 5.82 Å². The van der Waals surface area contributed by atoms with Crippen LogP contribution in [0.2, 0.25) is 0 Å². The normalized spacial score (nSPS) is 20.7. The van der Waals surface area contributed by atoms with E-state index < -0.39 is 0 Å². The van der Waals surface area contributed by atoms with Gasteiger partial charge >= 0.3 is 0 Å². The molecule has 0 N–H and O–H groups in total. The largest absolute Gasteiger partial charge is 0.338 e.